The van der Waals surface area contributed by atoms with Crippen LogP contribution in [0.4, 0.5) is 26.3 Å². The number of fused-ring (bicyclic) bond motifs is 1. The van der Waals surface area contributed by atoms with Crippen LogP contribution in [0.2, 0.25) is 0 Å². The first-order chi connectivity index (χ1) is 20.5. The van der Waals surface area contributed by atoms with E-state index in [1.807, 2.05) is 30.5 Å². The van der Waals surface area contributed by atoms with Crippen molar-refractivity contribution in [2.24, 2.45) is 0 Å². The highest BCUT2D eigenvalue weighted by Gasteiger charge is 2.39. The van der Waals surface area contributed by atoms with Crippen molar-refractivity contribution in [1.82, 2.24) is 19.7 Å². The van der Waals surface area contributed by atoms with Gasteiger partial charge in [0, 0.05) is 74.4 Å². The Morgan fingerprint density at radius 2 is 1.56 bits per heavy atom. The molecule has 14 heteroatoms. The zero-order valence-electron chi connectivity index (χ0n) is 24.2. The number of carbonyl (C=O) groups is 1. The van der Waals surface area contributed by atoms with E-state index in [0.29, 0.717) is 64.4 Å². The molecular formula is C31H34Cl2F6N4O2. The van der Waals surface area contributed by atoms with Gasteiger partial charge >= 0.3 is 12.4 Å². The van der Waals surface area contributed by atoms with Gasteiger partial charge in [0.1, 0.15) is 0 Å². The van der Waals surface area contributed by atoms with Crippen molar-refractivity contribution in [2.75, 3.05) is 59.0 Å². The minimum absolute atomic E-state index is 0. The summed E-state index contributed by atoms with van der Waals surface area (Å²) in [6.07, 6.45) is -7.28. The van der Waals surface area contributed by atoms with E-state index in [2.05, 4.69) is 26.6 Å². The summed E-state index contributed by atoms with van der Waals surface area (Å²) in [5, 5.41) is 0.944. The van der Waals surface area contributed by atoms with Gasteiger partial charge in [-0.15, -0.1) is 30.7 Å². The first-order valence-electron chi connectivity index (χ1n) is 14.1. The van der Waals surface area contributed by atoms with Crippen LogP contribution < -0.4 is 0 Å². The molecule has 2 aliphatic rings. The number of hydrogen-bond donors (Lipinski definition) is 1. The Morgan fingerprint density at radius 3 is 2.22 bits per heavy atom. The molecule has 0 aliphatic carbocycles. The summed E-state index contributed by atoms with van der Waals surface area (Å²) in [5.41, 5.74) is -1.84. The van der Waals surface area contributed by atoms with Crippen LogP contribution in [0, 0.1) is 11.8 Å². The molecule has 1 amide bonds. The molecule has 6 nitrogen and oxygen atoms in total. The number of H-pyrrole nitrogens is 1. The molecule has 0 saturated carbocycles. The molecule has 0 spiro atoms. The Kier molecular flexibility index (Phi) is 12.6. The number of para-hydroxylation sites is 1. The van der Waals surface area contributed by atoms with Gasteiger partial charge in [-0.25, -0.2) is 0 Å². The molecule has 1 N–H and O–H groups in total. The molecule has 0 bridgehead atoms. The number of nitrogens with one attached hydrogen (secondary N) is 1. The molecule has 45 heavy (non-hydrogen) atoms. The molecule has 3 aromatic rings. The van der Waals surface area contributed by atoms with Crippen LogP contribution in [0.3, 0.4) is 0 Å². The molecule has 2 saturated heterocycles. The fourth-order valence-corrected chi connectivity index (χ4v) is 5.59. The maximum atomic E-state index is 13.6. The maximum absolute atomic E-state index is 13.6. The summed E-state index contributed by atoms with van der Waals surface area (Å²) in [6, 6.07) is 8.18. The van der Waals surface area contributed by atoms with Gasteiger partial charge in [0.2, 0.25) is 0 Å². The number of rotatable bonds is 6. The SMILES string of the molecule is Cl.Cl.O=C(c1cc(C(F)(F)F)cc(C(F)(F)F)c1)N1CCN(CCC#CCN2CCOCC2)C[C@H]1Cc1c[nH]c2ccccc12. The monoisotopic (exact) mass is 678 g/mol. The molecule has 1 atom stereocenters. The first-order valence-corrected chi connectivity index (χ1v) is 14.1. The number of alkyl halides is 6. The van der Waals surface area contributed by atoms with Crippen LogP contribution in [0.1, 0.15) is 33.5 Å². The van der Waals surface area contributed by atoms with Crippen molar-refractivity contribution in [3.8, 4) is 11.8 Å². The van der Waals surface area contributed by atoms with Crippen molar-refractivity contribution >= 4 is 41.6 Å². The fourth-order valence-electron chi connectivity index (χ4n) is 5.59. The second kappa shape index (κ2) is 15.6. The van der Waals surface area contributed by atoms with Crippen molar-refractivity contribution < 1.29 is 35.9 Å². The van der Waals surface area contributed by atoms with Crippen molar-refractivity contribution in [3.63, 3.8) is 0 Å². The molecule has 2 fully saturated rings. The molecule has 5 rings (SSSR count). The van der Waals surface area contributed by atoms with E-state index in [0.717, 1.165) is 29.6 Å². The zero-order chi connectivity index (χ0) is 30.6. The molecule has 0 radical (unpaired) electrons. The van der Waals surface area contributed by atoms with Gasteiger partial charge in [0.15, 0.2) is 0 Å². The van der Waals surface area contributed by atoms with E-state index in [1.54, 1.807) is 0 Å². The lowest BCUT2D eigenvalue weighted by Crippen LogP contribution is -2.56. The predicted octanol–water partition coefficient (Wildman–Crippen LogP) is 6.14. The molecule has 2 aliphatic heterocycles. The average molecular weight is 680 g/mol. The molecule has 0 unspecified atom stereocenters. The van der Waals surface area contributed by atoms with E-state index in [1.165, 1.54) is 4.90 Å². The van der Waals surface area contributed by atoms with Crippen LogP contribution in [0.5, 0.6) is 0 Å². The van der Waals surface area contributed by atoms with Crippen LogP contribution in [-0.4, -0.2) is 90.7 Å². The minimum atomic E-state index is -5.04. The third-order valence-corrected chi connectivity index (χ3v) is 7.88. The van der Waals surface area contributed by atoms with Crippen LogP contribution in [-0.2, 0) is 23.5 Å². The van der Waals surface area contributed by atoms with Crippen LogP contribution >= 0.6 is 24.8 Å². The van der Waals surface area contributed by atoms with Gasteiger partial charge < -0.3 is 14.6 Å². The lowest BCUT2D eigenvalue weighted by atomic mass is 9.98. The Bertz CT molecular complexity index is 1460. The minimum Gasteiger partial charge on any atom is -0.379 e. The normalized spacial score (nSPS) is 18.1. The lowest BCUT2D eigenvalue weighted by Gasteiger charge is -2.41. The number of halogens is 8. The predicted molar refractivity (Wildman–Crippen MR) is 164 cm³/mol. The summed E-state index contributed by atoms with van der Waals surface area (Å²) in [6.45, 7) is 5.35. The Hall–Kier alpha value is -2.95. The van der Waals surface area contributed by atoms with E-state index >= 15 is 0 Å². The van der Waals surface area contributed by atoms with Crippen LogP contribution in [0.15, 0.2) is 48.7 Å². The lowest BCUT2D eigenvalue weighted by molar-refractivity contribution is -0.143. The third kappa shape index (κ3) is 9.30. The van der Waals surface area contributed by atoms with Crippen molar-refractivity contribution in [3.05, 3.63) is 70.9 Å². The number of amides is 1. The van der Waals surface area contributed by atoms with Gasteiger partial charge in [0.05, 0.1) is 30.9 Å². The summed E-state index contributed by atoms with van der Waals surface area (Å²) < 4.78 is 86.5. The number of hydrogen-bond acceptors (Lipinski definition) is 4. The van der Waals surface area contributed by atoms with Gasteiger partial charge in [0.25, 0.3) is 5.91 Å². The highest BCUT2D eigenvalue weighted by molar-refractivity contribution is 5.95. The van der Waals surface area contributed by atoms with Crippen molar-refractivity contribution in [1.29, 1.82) is 0 Å². The molecular weight excluding hydrogens is 645 g/mol. The number of carbonyl (C=O) groups excluding carboxylic acids is 1. The van der Waals surface area contributed by atoms with Crippen molar-refractivity contribution in [2.45, 2.75) is 31.2 Å². The molecule has 1 aromatic heterocycles. The molecule has 2 aromatic carbocycles. The van der Waals surface area contributed by atoms with E-state index in [-0.39, 0.29) is 37.4 Å². The number of morpholine rings is 1. The Balaban J connectivity index is 0.00000276. The van der Waals surface area contributed by atoms with E-state index in [4.69, 9.17) is 4.74 Å². The van der Waals surface area contributed by atoms with Gasteiger partial charge in [-0.05, 0) is 36.2 Å². The first kappa shape index (κ1) is 36.5. The topological polar surface area (TPSA) is 51.8 Å². The summed E-state index contributed by atoms with van der Waals surface area (Å²) >= 11 is 0. The largest absolute Gasteiger partial charge is 0.416 e. The maximum Gasteiger partial charge on any atom is 0.416 e. The highest BCUT2D eigenvalue weighted by Crippen LogP contribution is 2.37. The fraction of sp³-hybridized carbons (Fsp3) is 0.452. The smallest absolute Gasteiger partial charge is 0.379 e. The third-order valence-electron chi connectivity index (χ3n) is 7.88. The highest BCUT2D eigenvalue weighted by atomic mass is 35.5. The molecule has 3 heterocycles. The summed E-state index contributed by atoms with van der Waals surface area (Å²) in [4.78, 5) is 22.6. The number of piperazine rings is 1. The zero-order valence-corrected chi connectivity index (χ0v) is 25.8. The van der Waals surface area contributed by atoms with Gasteiger partial charge in [-0.3, -0.25) is 14.6 Å². The number of aromatic nitrogens is 1. The second-order valence-electron chi connectivity index (χ2n) is 10.8. The van der Waals surface area contributed by atoms with E-state index < -0.39 is 41.0 Å². The standard InChI is InChI=1S/C31H32F6N4O2.2ClH/c32-30(33,34)24-16-22(17-25(19-24)31(35,36)37)29(42)41-11-10-40(9-5-1-4-8-39-12-14-43-15-13-39)21-26(41)18-23-20-38-28-7-3-2-6-27(23)28;;/h2-3,6-7,16-17,19-20,26,38H,5,8-15,18,21H2;2*1H/t26-;;/m1../s1. The Morgan fingerprint density at radius 1 is 0.889 bits per heavy atom. The van der Waals surface area contributed by atoms with Gasteiger partial charge in [-0.1, -0.05) is 24.1 Å². The second-order valence-corrected chi connectivity index (χ2v) is 10.8. The van der Waals surface area contributed by atoms with Gasteiger partial charge in [-0.2, -0.15) is 26.3 Å². The molecule has 246 valence electrons. The number of benzene rings is 2. The number of aromatic amines is 1. The Labute approximate surface area is 269 Å². The summed E-state index contributed by atoms with van der Waals surface area (Å²) in [7, 11) is 0. The number of ether oxygens (including phenoxy) is 1. The van der Waals surface area contributed by atoms with E-state index in [9.17, 15) is 31.1 Å². The average Bonchev–Trinajstić information content (AvgIpc) is 3.39. The summed E-state index contributed by atoms with van der Waals surface area (Å²) in [5.74, 6) is 5.52. The quantitative estimate of drug-likeness (QED) is 0.251. The van der Waals surface area contributed by atoms with Crippen LogP contribution in [0.25, 0.3) is 10.9 Å². The number of nitrogens with zero attached hydrogens (tertiary/aromatic N) is 3.